The normalized spacial score (nSPS) is 11.0. The highest BCUT2D eigenvalue weighted by Gasteiger charge is 2.17. The molecular weight excluding hydrogens is 324 g/mol. The van der Waals surface area contributed by atoms with Crippen LogP contribution in [0.3, 0.4) is 0 Å². The minimum absolute atomic E-state index is 0.0755. The number of nitrogens with one attached hydrogen (secondary N) is 3. The van der Waals surface area contributed by atoms with Crippen LogP contribution < -0.4 is 16.0 Å². The molecule has 0 aliphatic heterocycles. The second kappa shape index (κ2) is 11.1. The van der Waals surface area contributed by atoms with Crippen LogP contribution in [0.5, 0.6) is 0 Å². The van der Waals surface area contributed by atoms with Crippen LogP contribution in [0.25, 0.3) is 0 Å². The molecular formula is C17H22N4O2S. The van der Waals surface area contributed by atoms with Gasteiger partial charge < -0.3 is 10.6 Å². The average Bonchev–Trinajstić information content (AvgIpc) is 2.58. The van der Waals surface area contributed by atoms with Crippen molar-refractivity contribution in [1.82, 2.24) is 10.6 Å². The summed E-state index contributed by atoms with van der Waals surface area (Å²) in [6, 6.07) is 9.96. The largest absolute Gasteiger partial charge is 0.386 e. The summed E-state index contributed by atoms with van der Waals surface area (Å²) in [5.74, 6) is -0.145. The zero-order valence-corrected chi connectivity index (χ0v) is 14.5. The first-order valence-corrected chi connectivity index (χ1v) is 8.41. The highest BCUT2D eigenvalue weighted by molar-refractivity contribution is 7.80. The Morgan fingerprint density at radius 3 is 2.54 bits per heavy atom. The first-order chi connectivity index (χ1) is 11.6. The summed E-state index contributed by atoms with van der Waals surface area (Å²) >= 11 is 4.11. The molecule has 7 heteroatoms. The second-order valence-corrected chi connectivity index (χ2v) is 5.44. The number of allylic oxidation sites excluding steroid dienone is 1. The van der Waals surface area contributed by atoms with E-state index in [0.29, 0.717) is 30.1 Å². The number of urea groups is 1. The van der Waals surface area contributed by atoms with Crippen molar-refractivity contribution in [2.75, 3.05) is 17.6 Å². The van der Waals surface area contributed by atoms with E-state index in [-0.39, 0.29) is 5.57 Å². The van der Waals surface area contributed by atoms with Gasteiger partial charge in [-0.25, -0.2) is 4.79 Å². The molecule has 0 aromatic heterocycles. The highest BCUT2D eigenvalue weighted by Crippen LogP contribution is 2.11. The van der Waals surface area contributed by atoms with E-state index in [0.717, 1.165) is 12.8 Å². The highest BCUT2D eigenvalue weighted by atomic mass is 32.1. The first kappa shape index (κ1) is 19.6. The van der Waals surface area contributed by atoms with Crippen LogP contribution in [0.2, 0.25) is 0 Å². The molecule has 0 bridgehead atoms. The molecule has 0 spiro atoms. The van der Waals surface area contributed by atoms with Crippen molar-refractivity contribution in [3.8, 4) is 6.07 Å². The Morgan fingerprint density at radius 1 is 1.25 bits per heavy atom. The Hall–Kier alpha value is -2.46. The lowest BCUT2D eigenvalue weighted by Gasteiger charge is -2.12. The number of nitrogens with zero attached hydrogens (tertiary/aromatic N) is 1. The maximum Gasteiger partial charge on any atom is 0.326 e. The molecule has 0 aliphatic carbocycles. The molecule has 6 nitrogen and oxygen atoms in total. The molecule has 128 valence electrons. The van der Waals surface area contributed by atoms with Gasteiger partial charge in [0.1, 0.15) is 11.6 Å². The fourth-order valence-electron chi connectivity index (χ4n) is 1.97. The molecule has 0 aliphatic rings. The molecule has 0 atom stereocenters. The van der Waals surface area contributed by atoms with E-state index in [1.54, 1.807) is 24.3 Å². The number of benzene rings is 1. The van der Waals surface area contributed by atoms with Crippen LogP contribution in [0.1, 0.15) is 26.2 Å². The van der Waals surface area contributed by atoms with Crippen LogP contribution in [0.4, 0.5) is 10.5 Å². The number of carbonyl (C=O) groups is 2. The Morgan fingerprint density at radius 2 is 1.96 bits per heavy atom. The third-order valence-electron chi connectivity index (χ3n) is 3.13. The van der Waals surface area contributed by atoms with E-state index < -0.39 is 11.9 Å². The van der Waals surface area contributed by atoms with Crippen molar-refractivity contribution >= 4 is 30.3 Å². The molecule has 0 radical (unpaired) electrons. The van der Waals surface area contributed by atoms with Gasteiger partial charge in [-0.3, -0.25) is 10.1 Å². The Balaban J connectivity index is 2.80. The number of amides is 3. The summed E-state index contributed by atoms with van der Waals surface area (Å²) in [6.07, 6.45) is 2.34. The van der Waals surface area contributed by atoms with Gasteiger partial charge in [-0.15, -0.1) is 0 Å². The van der Waals surface area contributed by atoms with Crippen molar-refractivity contribution in [1.29, 1.82) is 5.26 Å². The number of rotatable bonds is 8. The smallest absolute Gasteiger partial charge is 0.326 e. The quantitative estimate of drug-likeness (QED) is 0.331. The van der Waals surface area contributed by atoms with Gasteiger partial charge in [0, 0.05) is 23.7 Å². The summed E-state index contributed by atoms with van der Waals surface area (Å²) in [5.41, 5.74) is 1.02. The van der Waals surface area contributed by atoms with Crippen LogP contribution in [-0.2, 0) is 4.79 Å². The van der Waals surface area contributed by atoms with Crippen LogP contribution in [0.15, 0.2) is 41.6 Å². The molecule has 0 heterocycles. The van der Waals surface area contributed by atoms with Crippen LogP contribution in [-0.4, -0.2) is 24.2 Å². The molecule has 0 fully saturated rings. The van der Waals surface area contributed by atoms with Crippen molar-refractivity contribution in [3.05, 3.63) is 41.6 Å². The zero-order valence-electron chi connectivity index (χ0n) is 13.6. The fourth-order valence-corrected chi connectivity index (χ4v) is 2.08. The van der Waals surface area contributed by atoms with Crippen LogP contribution in [0, 0.1) is 11.3 Å². The number of anilines is 1. The third kappa shape index (κ3) is 6.75. The van der Waals surface area contributed by atoms with Gasteiger partial charge >= 0.3 is 6.03 Å². The van der Waals surface area contributed by atoms with Crippen molar-refractivity contribution < 1.29 is 9.59 Å². The SMILES string of the molecule is CCCCC(NCCS)=C(C#N)C(=O)NC(=O)Nc1ccccc1. The number of thiol groups is 1. The maximum atomic E-state index is 12.2. The van der Waals surface area contributed by atoms with Crippen molar-refractivity contribution in [2.24, 2.45) is 0 Å². The lowest BCUT2D eigenvalue weighted by Crippen LogP contribution is -2.36. The van der Waals surface area contributed by atoms with Gasteiger partial charge in [-0.2, -0.15) is 17.9 Å². The van der Waals surface area contributed by atoms with E-state index in [4.69, 9.17) is 0 Å². The first-order valence-electron chi connectivity index (χ1n) is 7.77. The number of para-hydroxylation sites is 1. The van der Waals surface area contributed by atoms with Crippen molar-refractivity contribution in [2.45, 2.75) is 26.2 Å². The van der Waals surface area contributed by atoms with Gasteiger partial charge in [-0.1, -0.05) is 31.5 Å². The third-order valence-corrected chi connectivity index (χ3v) is 3.35. The van der Waals surface area contributed by atoms with Crippen LogP contribution >= 0.6 is 12.6 Å². The van der Waals surface area contributed by atoms with E-state index in [9.17, 15) is 14.9 Å². The summed E-state index contributed by atoms with van der Waals surface area (Å²) in [4.78, 5) is 24.1. The molecule has 0 saturated heterocycles. The van der Waals surface area contributed by atoms with Gasteiger partial charge in [0.15, 0.2) is 0 Å². The van der Waals surface area contributed by atoms with Gasteiger partial charge in [-0.05, 0) is 25.0 Å². The zero-order chi connectivity index (χ0) is 17.8. The molecule has 1 aromatic carbocycles. The van der Waals surface area contributed by atoms with Gasteiger partial charge in [0.2, 0.25) is 0 Å². The number of imide groups is 1. The van der Waals surface area contributed by atoms with Gasteiger partial charge in [0.25, 0.3) is 5.91 Å². The standard InChI is InChI=1S/C17H22N4O2S/c1-2-3-9-15(19-10-11-24)14(12-18)16(22)21-17(23)20-13-7-5-4-6-8-13/h4-8,19,24H,2-3,9-11H2,1H3,(H2,20,21,22,23). The Labute approximate surface area is 147 Å². The molecule has 3 N–H and O–H groups in total. The Kier molecular flexibility index (Phi) is 9.09. The topological polar surface area (TPSA) is 94.0 Å². The fraction of sp³-hybridized carbons (Fsp3) is 0.353. The summed E-state index contributed by atoms with van der Waals surface area (Å²) in [6.45, 7) is 2.56. The molecule has 3 amide bonds. The van der Waals surface area contributed by atoms with Crippen molar-refractivity contribution in [3.63, 3.8) is 0 Å². The average molecular weight is 346 g/mol. The number of carbonyl (C=O) groups excluding carboxylic acids is 2. The second-order valence-electron chi connectivity index (χ2n) is 4.99. The Bertz CT molecular complexity index is 613. The molecule has 1 aromatic rings. The molecule has 24 heavy (non-hydrogen) atoms. The number of hydrogen-bond donors (Lipinski definition) is 4. The van der Waals surface area contributed by atoms with E-state index in [1.165, 1.54) is 0 Å². The summed E-state index contributed by atoms with van der Waals surface area (Å²) < 4.78 is 0. The molecule has 0 unspecified atom stereocenters. The molecule has 1 rings (SSSR count). The van der Waals surface area contributed by atoms with E-state index in [2.05, 4.69) is 28.6 Å². The minimum Gasteiger partial charge on any atom is -0.386 e. The number of unbranched alkanes of at least 4 members (excludes halogenated alkanes) is 1. The maximum absolute atomic E-state index is 12.2. The predicted molar refractivity (Wildman–Crippen MR) is 97.6 cm³/mol. The van der Waals surface area contributed by atoms with E-state index in [1.807, 2.05) is 19.1 Å². The van der Waals surface area contributed by atoms with Gasteiger partial charge in [0.05, 0.1) is 0 Å². The monoisotopic (exact) mass is 346 g/mol. The molecule has 0 saturated carbocycles. The predicted octanol–water partition coefficient (Wildman–Crippen LogP) is 2.82. The van der Waals surface area contributed by atoms with E-state index >= 15 is 0 Å². The summed E-state index contributed by atoms with van der Waals surface area (Å²) in [7, 11) is 0. The summed E-state index contributed by atoms with van der Waals surface area (Å²) in [5, 5.41) is 17.1. The minimum atomic E-state index is -0.719. The number of hydrogen-bond acceptors (Lipinski definition) is 5. The number of nitriles is 1. The lowest BCUT2D eigenvalue weighted by atomic mass is 10.1. The lowest BCUT2D eigenvalue weighted by molar-refractivity contribution is -0.116.